The molecule has 1 aliphatic rings. The predicted molar refractivity (Wildman–Crippen MR) is 188 cm³/mol. The first-order valence-corrected chi connectivity index (χ1v) is 18.2. The van der Waals surface area contributed by atoms with E-state index in [0.717, 1.165) is 30.6 Å². The van der Waals surface area contributed by atoms with Crippen LogP contribution in [-0.2, 0) is 21.3 Å². The lowest BCUT2D eigenvalue weighted by molar-refractivity contribution is -0.0177. The van der Waals surface area contributed by atoms with E-state index in [0.29, 0.717) is 37.0 Å². The minimum atomic E-state index is -3.96. The van der Waals surface area contributed by atoms with E-state index in [1.54, 1.807) is 31.1 Å². The van der Waals surface area contributed by atoms with Crippen LogP contribution in [0.5, 0.6) is 11.5 Å². The molecule has 12 heteroatoms. The van der Waals surface area contributed by atoms with Crippen molar-refractivity contribution in [2.45, 2.75) is 69.7 Å². The molecule has 0 aliphatic carbocycles. The lowest BCUT2D eigenvalue weighted by Gasteiger charge is -2.36. The highest BCUT2D eigenvalue weighted by molar-refractivity contribution is 7.92. The number of amides is 1. The number of halogens is 1. The number of fused-ring (bicyclic) bond motifs is 1. The normalized spacial score (nSPS) is 20.4. The second-order valence-corrected chi connectivity index (χ2v) is 14.7. The molecular weight excluding hydrogens is 654 g/mol. The second-order valence-electron chi connectivity index (χ2n) is 12.6. The third-order valence-corrected chi connectivity index (χ3v) is 10.2. The zero-order chi connectivity index (χ0) is 34.8. The number of hydrogen-bond acceptors (Lipinski definition) is 8. The monoisotopic (exact) mass is 701 g/mol. The van der Waals surface area contributed by atoms with Crippen molar-refractivity contribution in [3.63, 3.8) is 0 Å². The summed E-state index contributed by atoms with van der Waals surface area (Å²) in [5.74, 6) is 0.688. The number of likely N-dealkylation sites (N-methyl/N-ethyl adjacent to an activating group) is 1. The predicted octanol–water partition coefficient (Wildman–Crippen LogP) is 6.08. The number of carbonyl (C=O) groups excluding carboxylic acids is 1. The van der Waals surface area contributed by atoms with Crippen LogP contribution in [0.3, 0.4) is 0 Å². The molecule has 0 unspecified atom stereocenters. The van der Waals surface area contributed by atoms with Crippen LogP contribution in [0.4, 0.5) is 5.69 Å². The van der Waals surface area contributed by atoms with Crippen molar-refractivity contribution in [2.75, 3.05) is 45.2 Å². The molecule has 2 N–H and O–H groups in total. The summed E-state index contributed by atoms with van der Waals surface area (Å²) in [6, 6.07) is 18.0. The number of sulfonamides is 1. The molecule has 3 aromatic carbocycles. The lowest BCUT2D eigenvalue weighted by Crippen LogP contribution is -2.47. The molecule has 0 radical (unpaired) electrons. The fraction of sp³-hybridized carbons (Fsp3) is 0.472. The first kappa shape index (κ1) is 37.5. The van der Waals surface area contributed by atoms with Gasteiger partial charge in [0.1, 0.15) is 11.5 Å². The van der Waals surface area contributed by atoms with Crippen molar-refractivity contribution in [2.24, 2.45) is 5.92 Å². The van der Waals surface area contributed by atoms with Crippen molar-refractivity contribution < 1.29 is 32.5 Å². The fourth-order valence-corrected chi connectivity index (χ4v) is 6.87. The molecule has 3 aromatic rings. The molecule has 0 spiro atoms. The van der Waals surface area contributed by atoms with E-state index in [2.05, 4.69) is 16.5 Å². The van der Waals surface area contributed by atoms with Crippen molar-refractivity contribution in [1.29, 1.82) is 0 Å². The molecule has 0 fully saturated rings. The average Bonchev–Trinajstić information content (AvgIpc) is 3.06. The number of hydrogen-bond donors (Lipinski definition) is 2. The number of nitrogens with zero attached hydrogens (tertiary/aromatic N) is 2. The minimum absolute atomic E-state index is 0.0375. The topological polar surface area (TPSA) is 118 Å². The van der Waals surface area contributed by atoms with Crippen LogP contribution < -0.4 is 14.2 Å². The Morgan fingerprint density at radius 3 is 2.46 bits per heavy atom. The SMILES string of the molecule is COc1ccc(CN(C)C[C@@H]2OCCCC[C@@H](C)Oc3ccc(NS(=O)(=O)c4ccc(Cl)cc4)cc3C(=O)N([C@H](C)CO)C[C@H]2C)cc1. The summed E-state index contributed by atoms with van der Waals surface area (Å²) in [4.78, 5) is 18.3. The van der Waals surface area contributed by atoms with Gasteiger partial charge in [-0.3, -0.25) is 14.4 Å². The molecule has 10 nitrogen and oxygen atoms in total. The van der Waals surface area contributed by atoms with Gasteiger partial charge in [-0.1, -0.05) is 30.7 Å². The number of nitrogens with one attached hydrogen (secondary N) is 1. The number of aliphatic hydroxyl groups excluding tert-OH is 1. The molecule has 1 amide bonds. The van der Waals surface area contributed by atoms with Crippen LogP contribution >= 0.6 is 11.6 Å². The van der Waals surface area contributed by atoms with Crippen molar-refractivity contribution in [3.05, 3.63) is 82.9 Å². The zero-order valence-electron chi connectivity index (χ0n) is 28.4. The Morgan fingerprint density at radius 2 is 1.79 bits per heavy atom. The second kappa shape index (κ2) is 17.3. The molecule has 1 aliphatic heterocycles. The maximum atomic E-state index is 14.4. The highest BCUT2D eigenvalue weighted by Crippen LogP contribution is 2.30. The van der Waals surface area contributed by atoms with Crippen molar-refractivity contribution in [1.82, 2.24) is 9.80 Å². The lowest BCUT2D eigenvalue weighted by atomic mass is 10.0. The average molecular weight is 702 g/mol. The smallest absolute Gasteiger partial charge is 0.261 e. The maximum absolute atomic E-state index is 14.4. The first-order valence-electron chi connectivity index (χ1n) is 16.3. The van der Waals surface area contributed by atoms with E-state index >= 15 is 0 Å². The zero-order valence-corrected chi connectivity index (χ0v) is 30.0. The van der Waals surface area contributed by atoms with Gasteiger partial charge in [0, 0.05) is 42.9 Å². The summed E-state index contributed by atoms with van der Waals surface area (Å²) < 4.78 is 47.0. The molecule has 4 rings (SSSR count). The molecule has 1 heterocycles. The van der Waals surface area contributed by atoms with Gasteiger partial charge in [0.15, 0.2) is 0 Å². The Bertz CT molecular complexity index is 1590. The van der Waals surface area contributed by atoms with Gasteiger partial charge < -0.3 is 24.2 Å². The summed E-state index contributed by atoms with van der Waals surface area (Å²) >= 11 is 5.96. The van der Waals surface area contributed by atoms with E-state index in [1.807, 2.05) is 38.2 Å². The number of ether oxygens (including phenoxy) is 3. The van der Waals surface area contributed by atoms with Gasteiger partial charge in [-0.05, 0) is 100 Å². The Labute approximate surface area is 290 Å². The molecule has 262 valence electrons. The van der Waals surface area contributed by atoms with Gasteiger partial charge in [-0.15, -0.1) is 0 Å². The number of aliphatic hydroxyl groups is 1. The standard InChI is InChI=1S/C36H48ClN3O7S/c1-25-21-40(26(2)24-41)36(42)33-20-30(38-48(43,44)32-16-11-29(37)12-17-32)13-18-34(33)47-27(3)8-6-7-19-46-35(25)23-39(4)22-28-9-14-31(45-5)15-10-28/h9-18,20,25-27,35,38,41H,6-8,19,21-24H2,1-5H3/t25-,26-,27-,35+/m1/s1. The Kier molecular flexibility index (Phi) is 13.5. The van der Waals surface area contributed by atoms with Gasteiger partial charge in [-0.2, -0.15) is 0 Å². The largest absolute Gasteiger partial charge is 0.497 e. The van der Waals surface area contributed by atoms with Crippen molar-refractivity contribution >= 4 is 33.2 Å². The number of carbonyl (C=O) groups is 1. The molecular formula is C36H48ClN3O7S. The summed E-state index contributed by atoms with van der Waals surface area (Å²) in [7, 11) is -0.268. The summed E-state index contributed by atoms with van der Waals surface area (Å²) in [6.07, 6.45) is 2.08. The Morgan fingerprint density at radius 1 is 1.08 bits per heavy atom. The fourth-order valence-electron chi connectivity index (χ4n) is 5.69. The third-order valence-electron chi connectivity index (χ3n) is 8.53. The number of anilines is 1. The molecule has 0 saturated heterocycles. The van der Waals surface area contributed by atoms with E-state index < -0.39 is 16.1 Å². The van der Waals surface area contributed by atoms with Gasteiger partial charge in [0.2, 0.25) is 0 Å². The molecule has 0 saturated carbocycles. The van der Waals surface area contributed by atoms with Crippen LogP contribution in [0.15, 0.2) is 71.6 Å². The molecule has 4 atom stereocenters. The summed E-state index contributed by atoms with van der Waals surface area (Å²) in [6.45, 7) is 7.77. The van der Waals surface area contributed by atoms with E-state index in [1.165, 1.54) is 30.3 Å². The minimum Gasteiger partial charge on any atom is -0.497 e. The number of benzene rings is 3. The maximum Gasteiger partial charge on any atom is 0.261 e. The van der Waals surface area contributed by atoms with Crippen LogP contribution in [0.25, 0.3) is 0 Å². The third kappa shape index (κ3) is 10.3. The van der Waals surface area contributed by atoms with Gasteiger partial charge in [0.25, 0.3) is 15.9 Å². The number of rotatable bonds is 10. The van der Waals surface area contributed by atoms with E-state index in [4.69, 9.17) is 25.8 Å². The van der Waals surface area contributed by atoms with Crippen LogP contribution in [0.1, 0.15) is 56.0 Å². The van der Waals surface area contributed by atoms with E-state index in [-0.39, 0.29) is 46.8 Å². The Hall–Kier alpha value is -3.35. The van der Waals surface area contributed by atoms with Crippen molar-refractivity contribution in [3.8, 4) is 11.5 Å². The van der Waals surface area contributed by atoms with E-state index in [9.17, 15) is 18.3 Å². The quantitative estimate of drug-likeness (QED) is 0.262. The highest BCUT2D eigenvalue weighted by atomic mass is 35.5. The first-order chi connectivity index (χ1) is 22.9. The highest BCUT2D eigenvalue weighted by Gasteiger charge is 2.30. The van der Waals surface area contributed by atoms with Crippen LogP contribution in [-0.4, -0.2) is 87.9 Å². The Balaban J connectivity index is 1.62. The molecule has 0 aromatic heterocycles. The number of methoxy groups -OCH3 is 1. The van der Waals surface area contributed by atoms with Gasteiger partial charge >= 0.3 is 0 Å². The summed E-state index contributed by atoms with van der Waals surface area (Å²) in [5.41, 5.74) is 1.56. The van der Waals surface area contributed by atoms with Gasteiger partial charge in [0.05, 0.1) is 42.4 Å². The van der Waals surface area contributed by atoms with Crippen LogP contribution in [0, 0.1) is 5.92 Å². The molecule has 48 heavy (non-hydrogen) atoms. The summed E-state index contributed by atoms with van der Waals surface area (Å²) in [5, 5.41) is 10.7. The van der Waals surface area contributed by atoms with Gasteiger partial charge in [-0.25, -0.2) is 8.42 Å². The molecule has 0 bridgehead atoms. The van der Waals surface area contributed by atoms with Crippen LogP contribution in [0.2, 0.25) is 5.02 Å².